The normalized spacial score (nSPS) is 12.8. The van der Waals surface area contributed by atoms with Gasteiger partial charge in [0.1, 0.15) is 7.05 Å². The molecule has 0 aromatic carbocycles. The van der Waals surface area contributed by atoms with Gasteiger partial charge in [0, 0.05) is 19.9 Å². The van der Waals surface area contributed by atoms with E-state index in [1.165, 1.54) is 11.3 Å². The Labute approximate surface area is 81.8 Å². The average molecular weight is 178 g/mol. The van der Waals surface area contributed by atoms with Crippen molar-refractivity contribution >= 4 is 5.71 Å². The van der Waals surface area contributed by atoms with Crippen molar-refractivity contribution < 1.29 is 4.58 Å². The number of allylic oxidation sites excluding steroid dienone is 5. The fraction of sp³-hybridized carbons (Fsp3) is 0.417. The van der Waals surface area contributed by atoms with E-state index in [0.717, 1.165) is 0 Å². The lowest BCUT2D eigenvalue weighted by atomic mass is 10.2. The Morgan fingerprint density at radius 3 is 2.23 bits per heavy atom. The van der Waals surface area contributed by atoms with Gasteiger partial charge >= 0.3 is 0 Å². The van der Waals surface area contributed by atoms with Gasteiger partial charge in [-0.25, -0.2) is 4.58 Å². The molecule has 1 nitrogen and oxygen atoms in total. The maximum Gasteiger partial charge on any atom is 0.168 e. The summed E-state index contributed by atoms with van der Waals surface area (Å²) in [4.78, 5) is 0. The van der Waals surface area contributed by atoms with E-state index in [1.54, 1.807) is 0 Å². The van der Waals surface area contributed by atoms with Crippen LogP contribution in [-0.4, -0.2) is 17.3 Å². The van der Waals surface area contributed by atoms with Gasteiger partial charge in [-0.2, -0.15) is 0 Å². The monoisotopic (exact) mass is 178 g/mol. The van der Waals surface area contributed by atoms with Gasteiger partial charge in [0.05, 0.1) is 0 Å². The number of rotatable bonds is 3. The molecule has 0 saturated heterocycles. The van der Waals surface area contributed by atoms with Crippen LogP contribution in [0.4, 0.5) is 0 Å². The van der Waals surface area contributed by atoms with Gasteiger partial charge in [0.2, 0.25) is 0 Å². The first-order chi connectivity index (χ1) is 6.07. The van der Waals surface area contributed by atoms with Crippen molar-refractivity contribution in [3.05, 3.63) is 36.1 Å². The fourth-order valence-electron chi connectivity index (χ4n) is 0.682. The molecule has 0 aliphatic carbocycles. The summed E-state index contributed by atoms with van der Waals surface area (Å²) in [5.74, 6) is 0. The zero-order chi connectivity index (χ0) is 10.3. The van der Waals surface area contributed by atoms with Crippen molar-refractivity contribution in [3.8, 4) is 0 Å². The second-order valence-corrected chi connectivity index (χ2v) is 3.31. The lowest BCUT2D eigenvalue weighted by molar-refractivity contribution is -0.423. The van der Waals surface area contributed by atoms with Crippen LogP contribution in [0.15, 0.2) is 36.1 Å². The molecular formula is C12H20N+. The molecule has 0 bridgehead atoms. The number of hydrogen-bond donors (Lipinski definition) is 0. The van der Waals surface area contributed by atoms with Gasteiger partial charge in [-0.3, -0.25) is 0 Å². The van der Waals surface area contributed by atoms with Crippen molar-refractivity contribution in [3.63, 3.8) is 0 Å². The molecule has 13 heavy (non-hydrogen) atoms. The molecule has 0 spiro atoms. The third kappa shape index (κ3) is 6.09. The van der Waals surface area contributed by atoms with Crippen molar-refractivity contribution in [2.24, 2.45) is 0 Å². The maximum atomic E-state index is 2.10. The molecule has 0 rings (SSSR count). The first kappa shape index (κ1) is 11.9. The van der Waals surface area contributed by atoms with E-state index in [4.69, 9.17) is 0 Å². The maximum absolute atomic E-state index is 2.10. The Bertz CT molecular complexity index is 261. The predicted octanol–water partition coefficient (Wildman–Crippen LogP) is 3.15. The Kier molecular flexibility index (Phi) is 5.86. The van der Waals surface area contributed by atoms with Gasteiger partial charge in [0.25, 0.3) is 0 Å². The Balaban J connectivity index is 4.37. The summed E-state index contributed by atoms with van der Waals surface area (Å²) < 4.78 is 2.10. The van der Waals surface area contributed by atoms with E-state index in [9.17, 15) is 0 Å². The van der Waals surface area contributed by atoms with E-state index in [-0.39, 0.29) is 0 Å². The van der Waals surface area contributed by atoms with Crippen LogP contribution in [0.2, 0.25) is 0 Å². The predicted molar refractivity (Wildman–Crippen MR) is 60.3 cm³/mol. The summed E-state index contributed by atoms with van der Waals surface area (Å²) in [6.45, 7) is 8.30. The van der Waals surface area contributed by atoms with Crippen LogP contribution in [0.25, 0.3) is 0 Å². The Morgan fingerprint density at radius 1 is 1.15 bits per heavy atom. The van der Waals surface area contributed by atoms with E-state index < -0.39 is 0 Å². The standard InChI is InChI=1S/C12H20N/c1-6-7-8-12(4)9-10-13(5)11(2)3/h6-10H,1-5H3/q+1. The second-order valence-electron chi connectivity index (χ2n) is 3.31. The molecular weight excluding hydrogens is 158 g/mol. The molecule has 0 radical (unpaired) electrons. The van der Waals surface area contributed by atoms with Crippen LogP contribution in [0.5, 0.6) is 0 Å². The van der Waals surface area contributed by atoms with Gasteiger partial charge in [-0.1, -0.05) is 18.2 Å². The highest BCUT2D eigenvalue weighted by atomic mass is 14.9. The zero-order valence-electron chi connectivity index (χ0n) is 9.33. The van der Waals surface area contributed by atoms with Gasteiger partial charge < -0.3 is 0 Å². The molecule has 0 aliphatic heterocycles. The summed E-state index contributed by atoms with van der Waals surface area (Å²) >= 11 is 0. The Hall–Kier alpha value is -1.11. The van der Waals surface area contributed by atoms with Gasteiger partial charge in [-0.15, -0.1) is 0 Å². The molecule has 0 aromatic rings. The minimum Gasteiger partial charge on any atom is -0.209 e. The summed E-state index contributed by atoms with van der Waals surface area (Å²) in [6.07, 6.45) is 10.3. The lowest BCUT2D eigenvalue weighted by Crippen LogP contribution is -2.03. The summed E-state index contributed by atoms with van der Waals surface area (Å²) in [7, 11) is 2.05. The fourth-order valence-corrected chi connectivity index (χ4v) is 0.682. The average Bonchev–Trinajstić information content (AvgIpc) is 2.10. The van der Waals surface area contributed by atoms with Crippen LogP contribution >= 0.6 is 0 Å². The minimum atomic E-state index is 1.26. The highest BCUT2D eigenvalue weighted by molar-refractivity contribution is 5.74. The first-order valence-electron chi connectivity index (χ1n) is 4.58. The summed E-state index contributed by atoms with van der Waals surface area (Å²) in [5.41, 5.74) is 2.54. The number of nitrogens with zero attached hydrogens (tertiary/aromatic N) is 1. The zero-order valence-corrected chi connectivity index (χ0v) is 9.33. The third-order valence-corrected chi connectivity index (χ3v) is 1.82. The van der Waals surface area contributed by atoms with Crippen molar-refractivity contribution in [1.29, 1.82) is 0 Å². The molecule has 0 aliphatic rings. The molecule has 0 unspecified atom stereocenters. The van der Waals surface area contributed by atoms with Gasteiger partial charge in [0.15, 0.2) is 11.9 Å². The van der Waals surface area contributed by atoms with E-state index in [2.05, 4.69) is 50.7 Å². The minimum absolute atomic E-state index is 1.26. The van der Waals surface area contributed by atoms with Crippen LogP contribution in [0, 0.1) is 0 Å². The van der Waals surface area contributed by atoms with Crippen molar-refractivity contribution in [1.82, 2.24) is 0 Å². The molecule has 0 aromatic heterocycles. The SMILES string of the molecule is CC=CC=C(C)C=C[N+](C)=C(C)C. The number of hydrogen-bond acceptors (Lipinski definition) is 0. The van der Waals surface area contributed by atoms with Crippen molar-refractivity contribution in [2.75, 3.05) is 7.05 Å². The topological polar surface area (TPSA) is 3.01 Å². The van der Waals surface area contributed by atoms with Crippen LogP contribution in [0.1, 0.15) is 27.7 Å². The van der Waals surface area contributed by atoms with E-state index in [0.29, 0.717) is 0 Å². The van der Waals surface area contributed by atoms with Crippen molar-refractivity contribution in [2.45, 2.75) is 27.7 Å². The van der Waals surface area contributed by atoms with Crippen LogP contribution in [-0.2, 0) is 0 Å². The molecule has 0 heterocycles. The molecule has 0 atom stereocenters. The largest absolute Gasteiger partial charge is 0.209 e. The third-order valence-electron chi connectivity index (χ3n) is 1.82. The molecule has 1 heteroatoms. The molecule has 0 N–H and O–H groups in total. The van der Waals surface area contributed by atoms with Crippen LogP contribution in [0.3, 0.4) is 0 Å². The lowest BCUT2D eigenvalue weighted by Gasteiger charge is -1.90. The summed E-state index contributed by atoms with van der Waals surface area (Å²) in [6, 6.07) is 0. The molecule has 0 fully saturated rings. The van der Waals surface area contributed by atoms with Crippen LogP contribution < -0.4 is 0 Å². The van der Waals surface area contributed by atoms with E-state index in [1.807, 2.05) is 19.1 Å². The molecule has 0 amide bonds. The summed E-state index contributed by atoms with van der Waals surface area (Å²) in [5, 5.41) is 0. The molecule has 0 saturated carbocycles. The smallest absolute Gasteiger partial charge is 0.168 e. The quantitative estimate of drug-likeness (QED) is 0.355. The first-order valence-corrected chi connectivity index (χ1v) is 4.58. The Morgan fingerprint density at radius 2 is 1.77 bits per heavy atom. The van der Waals surface area contributed by atoms with E-state index >= 15 is 0 Å². The second kappa shape index (κ2) is 6.41. The molecule has 72 valence electrons. The highest BCUT2D eigenvalue weighted by Gasteiger charge is 1.91. The van der Waals surface area contributed by atoms with Gasteiger partial charge in [-0.05, 0) is 19.4 Å². The highest BCUT2D eigenvalue weighted by Crippen LogP contribution is 1.95.